The van der Waals surface area contributed by atoms with Gasteiger partial charge in [-0.05, 0) is 66.1 Å². The van der Waals surface area contributed by atoms with E-state index in [2.05, 4.69) is 20.4 Å². The van der Waals surface area contributed by atoms with Crippen molar-refractivity contribution in [1.82, 2.24) is 19.7 Å². The van der Waals surface area contributed by atoms with E-state index in [0.717, 1.165) is 39.5 Å². The first-order valence-electron chi connectivity index (χ1n) is 14.1. The lowest BCUT2D eigenvalue weighted by Crippen LogP contribution is -2.33. The summed E-state index contributed by atoms with van der Waals surface area (Å²) in [6.45, 7) is 0.916. The molecule has 0 unspecified atom stereocenters. The zero-order chi connectivity index (χ0) is 31.1. The molecule has 7 rings (SSSR count). The number of thiazole rings is 1. The fraction of sp³-hybridized carbons (Fsp3) is 0.121. The maximum atomic E-state index is 14.2. The number of pyridine rings is 1. The zero-order valence-electron chi connectivity index (χ0n) is 23.6. The number of fused-ring (bicyclic) bond motifs is 2. The molecule has 0 bridgehead atoms. The van der Waals surface area contributed by atoms with Gasteiger partial charge < -0.3 is 10.0 Å². The number of nitrogens with one attached hydrogen (secondary N) is 1. The van der Waals surface area contributed by atoms with Crippen LogP contribution in [0, 0.1) is 11.6 Å². The van der Waals surface area contributed by atoms with Gasteiger partial charge in [-0.25, -0.2) is 23.5 Å². The number of nitrogens with zero attached hydrogens (tertiary/aromatic N) is 5. The molecule has 6 aromatic rings. The van der Waals surface area contributed by atoms with Crippen molar-refractivity contribution in [3.05, 3.63) is 125 Å². The summed E-state index contributed by atoms with van der Waals surface area (Å²) in [7, 11) is 0. The van der Waals surface area contributed by atoms with Crippen molar-refractivity contribution in [1.29, 1.82) is 0 Å². The summed E-state index contributed by atoms with van der Waals surface area (Å²) in [5, 5.41) is 17.7. The topological polar surface area (TPSA) is 113 Å². The largest absolute Gasteiger partial charge is 0.476 e. The number of halogens is 2. The number of benzene rings is 3. The number of amides is 1. The zero-order valence-corrected chi connectivity index (χ0v) is 24.4. The second-order valence-electron chi connectivity index (χ2n) is 10.6. The molecular weight excluding hydrogens is 598 g/mol. The van der Waals surface area contributed by atoms with Crippen molar-refractivity contribution in [2.75, 3.05) is 16.8 Å². The van der Waals surface area contributed by atoms with E-state index in [1.807, 2.05) is 41.3 Å². The highest BCUT2D eigenvalue weighted by molar-refractivity contribution is 7.22. The van der Waals surface area contributed by atoms with Crippen LogP contribution in [0.5, 0.6) is 0 Å². The average molecular weight is 623 g/mol. The third-order valence-corrected chi connectivity index (χ3v) is 8.68. The molecule has 0 atom stereocenters. The Hall–Kier alpha value is -5.49. The van der Waals surface area contributed by atoms with E-state index in [9.17, 15) is 23.5 Å². The lowest BCUT2D eigenvalue weighted by molar-refractivity contribution is 0.0691. The van der Waals surface area contributed by atoms with E-state index in [1.54, 1.807) is 24.4 Å². The van der Waals surface area contributed by atoms with Crippen molar-refractivity contribution in [2.24, 2.45) is 0 Å². The Morgan fingerprint density at radius 1 is 1.00 bits per heavy atom. The first-order chi connectivity index (χ1) is 21.8. The summed E-state index contributed by atoms with van der Waals surface area (Å²) in [6.07, 6.45) is 3.68. The number of carboxylic acids is 1. The number of carboxylic acid groups (broad SMARTS) is 1. The molecule has 45 heavy (non-hydrogen) atoms. The molecule has 3 aromatic heterocycles. The van der Waals surface area contributed by atoms with Crippen molar-refractivity contribution >= 4 is 44.4 Å². The van der Waals surface area contributed by atoms with Crippen LogP contribution in [0.4, 0.5) is 19.7 Å². The van der Waals surface area contributed by atoms with Gasteiger partial charge in [-0.1, -0.05) is 35.6 Å². The van der Waals surface area contributed by atoms with Crippen LogP contribution < -0.4 is 10.2 Å². The lowest BCUT2D eigenvalue weighted by Gasteiger charge is -2.31. The maximum Gasteiger partial charge on any atom is 0.355 e. The number of aromatic nitrogens is 4. The molecule has 9 nitrogen and oxygen atoms in total. The summed E-state index contributed by atoms with van der Waals surface area (Å²) in [4.78, 5) is 36.7. The molecule has 0 radical (unpaired) electrons. The maximum absolute atomic E-state index is 14.2. The molecule has 0 fully saturated rings. The highest BCUT2D eigenvalue weighted by atomic mass is 32.1. The van der Waals surface area contributed by atoms with Gasteiger partial charge in [-0.3, -0.25) is 14.8 Å². The van der Waals surface area contributed by atoms with E-state index in [1.165, 1.54) is 22.2 Å². The fourth-order valence-electron chi connectivity index (χ4n) is 5.53. The van der Waals surface area contributed by atoms with Gasteiger partial charge >= 0.3 is 5.97 Å². The number of hydrogen-bond donors (Lipinski definition) is 2. The van der Waals surface area contributed by atoms with E-state index in [0.29, 0.717) is 47.2 Å². The third kappa shape index (κ3) is 5.63. The Labute approximate surface area is 259 Å². The fourth-order valence-corrected chi connectivity index (χ4v) is 6.39. The second-order valence-corrected chi connectivity index (χ2v) is 11.6. The predicted molar refractivity (Wildman–Crippen MR) is 167 cm³/mol. The minimum Gasteiger partial charge on any atom is -0.476 e. The van der Waals surface area contributed by atoms with Crippen molar-refractivity contribution in [3.63, 3.8) is 0 Å². The standard InChI is InChI=1S/C33H24F2N6O3S/c34-22-8-10-26(35)20(14-22)16-41-17-21(15-36-41)23-9-11-29(38-30(23)32(43)44)40-13-12-19-4-3-5-24(25(19)18-40)31(42)39-33-37-27-6-1-2-7-28(27)45-33/h1-11,14-15,17H,12-13,16,18H2,(H,43,44)(H,37,39,42). The van der Waals surface area contributed by atoms with E-state index >= 15 is 0 Å². The minimum atomic E-state index is -1.22. The van der Waals surface area contributed by atoms with Crippen LogP contribution in [-0.4, -0.2) is 43.3 Å². The molecule has 224 valence electrons. The summed E-state index contributed by atoms with van der Waals surface area (Å²) in [5.41, 5.74) is 3.99. The third-order valence-electron chi connectivity index (χ3n) is 7.72. The Morgan fingerprint density at radius 2 is 1.87 bits per heavy atom. The number of carbonyl (C=O) groups is 2. The number of carbonyl (C=O) groups excluding carboxylic acids is 1. The summed E-state index contributed by atoms with van der Waals surface area (Å²) in [5.74, 6) is -2.15. The van der Waals surface area contributed by atoms with Crippen molar-refractivity contribution < 1.29 is 23.5 Å². The van der Waals surface area contributed by atoms with Gasteiger partial charge in [0.1, 0.15) is 17.5 Å². The van der Waals surface area contributed by atoms with Gasteiger partial charge in [0.2, 0.25) is 0 Å². The molecule has 4 heterocycles. The smallest absolute Gasteiger partial charge is 0.355 e. The van der Waals surface area contributed by atoms with Gasteiger partial charge in [0.25, 0.3) is 5.91 Å². The molecule has 0 aliphatic carbocycles. The number of rotatable bonds is 7. The molecule has 1 aliphatic heterocycles. The number of hydrogen-bond acceptors (Lipinski definition) is 7. The quantitative estimate of drug-likeness (QED) is 0.212. The second kappa shape index (κ2) is 11.5. The van der Waals surface area contributed by atoms with Gasteiger partial charge in [-0.15, -0.1) is 0 Å². The number of aromatic carboxylic acids is 1. The van der Waals surface area contributed by atoms with Crippen LogP contribution >= 0.6 is 11.3 Å². The molecule has 0 spiro atoms. The first-order valence-corrected chi connectivity index (χ1v) is 14.9. The summed E-state index contributed by atoms with van der Waals surface area (Å²) < 4.78 is 30.2. The molecule has 12 heteroatoms. The van der Waals surface area contributed by atoms with Gasteiger partial charge in [0.15, 0.2) is 10.8 Å². The highest BCUT2D eigenvalue weighted by Gasteiger charge is 2.25. The van der Waals surface area contributed by atoms with E-state index in [-0.39, 0.29) is 23.7 Å². The highest BCUT2D eigenvalue weighted by Crippen LogP contribution is 2.31. The monoisotopic (exact) mass is 622 g/mol. The van der Waals surface area contributed by atoms with Gasteiger partial charge in [0.05, 0.1) is 23.0 Å². The van der Waals surface area contributed by atoms with Gasteiger partial charge in [0, 0.05) is 41.5 Å². The van der Waals surface area contributed by atoms with E-state index < -0.39 is 17.6 Å². The van der Waals surface area contributed by atoms with Crippen molar-refractivity contribution in [2.45, 2.75) is 19.5 Å². The predicted octanol–water partition coefficient (Wildman–Crippen LogP) is 6.39. The Bertz CT molecular complexity index is 2080. The molecule has 1 aliphatic rings. The molecule has 0 saturated heterocycles. The molecular formula is C33H24F2N6O3S. The SMILES string of the molecule is O=C(Nc1nc2ccccc2s1)c1cccc2c1CN(c1ccc(-c3cnn(Cc4cc(F)ccc4F)c3)c(C(=O)O)n1)CC2. The summed E-state index contributed by atoms with van der Waals surface area (Å²) >= 11 is 1.40. The summed E-state index contributed by atoms with van der Waals surface area (Å²) in [6, 6.07) is 19.9. The first kappa shape index (κ1) is 28.3. The van der Waals surface area contributed by atoms with Gasteiger partial charge in [-0.2, -0.15) is 5.10 Å². The Kier molecular flexibility index (Phi) is 7.26. The Morgan fingerprint density at radius 3 is 2.71 bits per heavy atom. The van der Waals surface area contributed by atoms with Crippen LogP contribution in [0.1, 0.15) is 37.5 Å². The van der Waals surface area contributed by atoms with Crippen LogP contribution in [-0.2, 0) is 19.5 Å². The van der Waals surface area contributed by atoms with Crippen LogP contribution in [0.15, 0.2) is 85.2 Å². The van der Waals surface area contributed by atoms with Crippen LogP contribution in [0.2, 0.25) is 0 Å². The van der Waals surface area contributed by atoms with E-state index in [4.69, 9.17) is 0 Å². The molecule has 1 amide bonds. The van der Waals surface area contributed by atoms with Crippen molar-refractivity contribution in [3.8, 4) is 11.1 Å². The molecule has 2 N–H and O–H groups in total. The molecule has 0 saturated carbocycles. The van der Waals surface area contributed by atoms with Crippen LogP contribution in [0.25, 0.3) is 21.3 Å². The Balaban J connectivity index is 1.13. The molecule has 3 aromatic carbocycles. The van der Waals surface area contributed by atoms with Crippen LogP contribution in [0.3, 0.4) is 0 Å². The normalized spacial score (nSPS) is 12.7. The number of anilines is 2. The minimum absolute atomic E-state index is 0.0282. The average Bonchev–Trinajstić information content (AvgIpc) is 3.68. The lowest BCUT2D eigenvalue weighted by atomic mass is 9.94. The number of para-hydroxylation sites is 1.